The van der Waals surface area contributed by atoms with Crippen molar-refractivity contribution in [1.82, 2.24) is 14.5 Å². The van der Waals surface area contributed by atoms with E-state index in [2.05, 4.69) is 34.7 Å². The third-order valence-corrected chi connectivity index (χ3v) is 7.65. The van der Waals surface area contributed by atoms with Crippen molar-refractivity contribution in [2.45, 2.75) is 32.4 Å². The van der Waals surface area contributed by atoms with Crippen molar-refractivity contribution in [2.24, 2.45) is 0 Å². The first-order valence-corrected chi connectivity index (χ1v) is 12.9. The third kappa shape index (κ3) is 4.23. The van der Waals surface area contributed by atoms with Crippen molar-refractivity contribution in [3.63, 3.8) is 0 Å². The molecule has 1 atom stereocenters. The van der Waals surface area contributed by atoms with Gasteiger partial charge in [-0.15, -0.1) is 0 Å². The van der Waals surface area contributed by atoms with Gasteiger partial charge in [0.1, 0.15) is 24.6 Å². The molecule has 204 valence electrons. The van der Waals surface area contributed by atoms with E-state index >= 15 is 0 Å². The second-order valence-corrected chi connectivity index (χ2v) is 9.81. The van der Waals surface area contributed by atoms with E-state index < -0.39 is 4.92 Å². The molecule has 3 aliphatic heterocycles. The Balaban J connectivity index is 1.50. The first-order valence-electron chi connectivity index (χ1n) is 12.9. The lowest BCUT2D eigenvalue weighted by atomic mass is 9.81. The standard InChI is InChI=1S/C29H27N5O6/c1-4-7-38-29-23-14-32-6-5-18-9-25-26(40-16-39-25)12-22(18)24(32)11-21(23)19(10-27(29)37-3)8-20(13-30)33-15-28(34(35)36)31-17(33)2/h4,8-10,12,15,24H,1,5-7,11,14,16H2,2-3H3/b20-8+. The lowest BCUT2D eigenvalue weighted by Crippen LogP contribution is -2.39. The zero-order valence-corrected chi connectivity index (χ0v) is 22.2. The number of benzene rings is 2. The quantitative estimate of drug-likeness (QED) is 0.183. The number of methoxy groups -OCH3 is 1. The monoisotopic (exact) mass is 541 g/mol. The first-order chi connectivity index (χ1) is 19.4. The molecular weight excluding hydrogens is 514 g/mol. The van der Waals surface area contributed by atoms with Crippen LogP contribution in [0.1, 0.15) is 39.7 Å². The van der Waals surface area contributed by atoms with E-state index in [1.165, 1.54) is 21.9 Å². The number of nitriles is 1. The van der Waals surface area contributed by atoms with Crippen LogP contribution in [0.15, 0.2) is 37.1 Å². The topological polar surface area (TPSA) is 125 Å². The highest BCUT2D eigenvalue weighted by molar-refractivity contribution is 5.82. The molecule has 0 radical (unpaired) electrons. The molecule has 0 bridgehead atoms. The average molecular weight is 542 g/mol. The molecule has 11 heteroatoms. The molecule has 0 aliphatic carbocycles. The molecule has 1 unspecified atom stereocenters. The molecule has 4 heterocycles. The predicted octanol–water partition coefficient (Wildman–Crippen LogP) is 4.58. The molecule has 1 aromatic heterocycles. The minimum Gasteiger partial charge on any atom is -0.493 e. The van der Waals surface area contributed by atoms with Gasteiger partial charge in [0.2, 0.25) is 12.6 Å². The molecule has 6 rings (SSSR count). The van der Waals surface area contributed by atoms with Crippen LogP contribution in [-0.2, 0) is 19.4 Å². The highest BCUT2D eigenvalue weighted by atomic mass is 16.7. The molecule has 2 aromatic carbocycles. The minimum atomic E-state index is -0.574. The van der Waals surface area contributed by atoms with Crippen molar-refractivity contribution in [2.75, 3.05) is 27.1 Å². The van der Waals surface area contributed by atoms with Gasteiger partial charge in [-0.3, -0.25) is 9.47 Å². The van der Waals surface area contributed by atoms with Crippen LogP contribution in [0.2, 0.25) is 0 Å². The van der Waals surface area contributed by atoms with Gasteiger partial charge in [0, 0.05) is 31.6 Å². The lowest BCUT2D eigenvalue weighted by molar-refractivity contribution is -0.389. The summed E-state index contributed by atoms with van der Waals surface area (Å²) >= 11 is 0. The zero-order valence-electron chi connectivity index (χ0n) is 22.2. The number of aryl methyl sites for hydroxylation is 1. The van der Waals surface area contributed by atoms with Crippen molar-refractivity contribution in [3.8, 4) is 29.1 Å². The Morgan fingerprint density at radius 3 is 2.83 bits per heavy atom. The summed E-state index contributed by atoms with van der Waals surface area (Å²) in [6.45, 7) is 7.43. The first kappa shape index (κ1) is 25.5. The fraction of sp³-hybridized carbons (Fsp3) is 0.310. The maximum absolute atomic E-state index is 11.3. The van der Waals surface area contributed by atoms with Crippen molar-refractivity contribution >= 4 is 17.6 Å². The van der Waals surface area contributed by atoms with Crippen LogP contribution >= 0.6 is 0 Å². The summed E-state index contributed by atoms with van der Waals surface area (Å²) in [6, 6.07) is 8.30. The van der Waals surface area contributed by atoms with E-state index in [0.717, 1.165) is 41.2 Å². The third-order valence-electron chi connectivity index (χ3n) is 7.65. The highest BCUT2D eigenvalue weighted by Crippen LogP contribution is 2.48. The predicted molar refractivity (Wildman–Crippen MR) is 145 cm³/mol. The van der Waals surface area contributed by atoms with E-state index in [-0.39, 0.29) is 24.3 Å². The Bertz CT molecular complexity index is 1620. The number of hydrogen-bond donors (Lipinski definition) is 0. The minimum absolute atomic E-state index is 0.0835. The SMILES string of the molecule is C=CCOc1c(OC)cc(/C=C(\C#N)n2cc([N+](=O)[O-])nc2C)c2c1CN1CCc3cc4c(cc3C1C2)OCO4. The van der Waals surface area contributed by atoms with Crippen molar-refractivity contribution < 1.29 is 23.9 Å². The van der Waals surface area contributed by atoms with E-state index in [1.807, 2.05) is 6.07 Å². The fourth-order valence-electron chi connectivity index (χ4n) is 5.80. The van der Waals surface area contributed by atoms with Gasteiger partial charge in [0.25, 0.3) is 0 Å². The maximum Gasteiger partial charge on any atom is 0.382 e. The molecule has 0 amide bonds. The Hall–Kier alpha value is -4.82. The van der Waals surface area contributed by atoms with Gasteiger partial charge >= 0.3 is 5.82 Å². The van der Waals surface area contributed by atoms with E-state index in [9.17, 15) is 15.4 Å². The largest absolute Gasteiger partial charge is 0.493 e. The average Bonchev–Trinajstić information content (AvgIpc) is 3.58. The number of ether oxygens (including phenoxy) is 4. The second-order valence-electron chi connectivity index (χ2n) is 9.81. The van der Waals surface area contributed by atoms with Crippen LogP contribution in [0.5, 0.6) is 23.0 Å². The maximum atomic E-state index is 11.3. The van der Waals surface area contributed by atoms with E-state index in [1.54, 1.807) is 26.2 Å². The molecule has 0 N–H and O–H groups in total. The Labute approximate surface area is 230 Å². The molecule has 0 fully saturated rings. The summed E-state index contributed by atoms with van der Waals surface area (Å²) in [5.74, 6) is 2.74. The molecular formula is C29H27N5O6. The van der Waals surface area contributed by atoms with Crippen LogP contribution in [0.3, 0.4) is 0 Å². The van der Waals surface area contributed by atoms with Gasteiger partial charge in [-0.25, -0.2) is 0 Å². The molecule has 0 spiro atoms. The number of nitro groups is 1. The number of nitrogens with zero attached hydrogens (tertiary/aromatic N) is 5. The van der Waals surface area contributed by atoms with Crippen molar-refractivity contribution in [3.05, 3.63) is 80.8 Å². The number of hydrogen-bond acceptors (Lipinski definition) is 9. The van der Waals surface area contributed by atoms with Crippen LogP contribution < -0.4 is 18.9 Å². The Kier molecular flexibility index (Phi) is 6.40. The molecule has 11 nitrogen and oxygen atoms in total. The smallest absolute Gasteiger partial charge is 0.382 e. The summed E-state index contributed by atoms with van der Waals surface area (Å²) in [5.41, 5.74) is 5.42. The number of aromatic nitrogens is 2. The number of rotatable bonds is 7. The summed E-state index contributed by atoms with van der Waals surface area (Å²) in [7, 11) is 1.58. The Morgan fingerprint density at radius 2 is 2.12 bits per heavy atom. The van der Waals surface area contributed by atoms with Gasteiger partial charge in [-0.1, -0.05) is 12.7 Å². The number of fused-ring (bicyclic) bond motifs is 5. The second kappa shape index (κ2) is 10.1. The van der Waals surface area contributed by atoms with Crippen molar-refractivity contribution in [1.29, 1.82) is 5.26 Å². The summed E-state index contributed by atoms with van der Waals surface area (Å²) in [4.78, 5) is 17.1. The molecule has 40 heavy (non-hydrogen) atoms. The van der Waals surface area contributed by atoms with Gasteiger partial charge < -0.3 is 29.1 Å². The van der Waals surface area contributed by atoms with Gasteiger partial charge in [0.15, 0.2) is 23.0 Å². The van der Waals surface area contributed by atoms with Gasteiger partial charge in [-0.05, 0) is 69.3 Å². The van der Waals surface area contributed by atoms with E-state index in [4.69, 9.17) is 18.9 Å². The molecule has 3 aromatic rings. The highest BCUT2D eigenvalue weighted by Gasteiger charge is 2.37. The summed E-state index contributed by atoms with van der Waals surface area (Å²) < 4.78 is 24.6. The van der Waals surface area contributed by atoms with Gasteiger partial charge in [-0.2, -0.15) is 5.26 Å². The molecule has 3 aliphatic rings. The summed E-state index contributed by atoms with van der Waals surface area (Å²) in [6.07, 6.45) is 6.22. The molecule has 0 saturated heterocycles. The van der Waals surface area contributed by atoms with E-state index in [0.29, 0.717) is 36.9 Å². The molecule has 0 saturated carbocycles. The van der Waals surface area contributed by atoms with Crippen LogP contribution in [0, 0.1) is 28.4 Å². The van der Waals surface area contributed by atoms with Gasteiger partial charge in [0.05, 0.1) is 7.11 Å². The Morgan fingerprint density at radius 1 is 1.32 bits per heavy atom. The lowest BCUT2D eigenvalue weighted by Gasteiger charge is -2.42. The van der Waals surface area contributed by atoms with Crippen LogP contribution in [0.25, 0.3) is 11.8 Å². The number of allylic oxidation sites excluding steroid dienone is 1. The van der Waals surface area contributed by atoms with Crippen LogP contribution in [0.4, 0.5) is 5.82 Å². The normalized spacial score (nSPS) is 17.3. The number of imidazole rings is 1. The fourth-order valence-corrected chi connectivity index (χ4v) is 5.80. The summed E-state index contributed by atoms with van der Waals surface area (Å²) in [5, 5.41) is 21.4. The van der Waals surface area contributed by atoms with Crippen LogP contribution in [-0.4, -0.2) is 46.4 Å². The zero-order chi connectivity index (χ0) is 28.0.